The van der Waals surface area contributed by atoms with Gasteiger partial charge in [0.25, 0.3) is 0 Å². The molecule has 1 rings (SSSR count). The molecule has 0 saturated carbocycles. The molecular formula is C10H15N3S. The number of hydrogen-bond acceptors (Lipinski definition) is 2. The average Bonchev–Trinajstić information content (AvgIpc) is 2.17. The molecule has 0 unspecified atom stereocenters. The van der Waals surface area contributed by atoms with Gasteiger partial charge in [0.2, 0.25) is 0 Å². The molecule has 0 amide bonds. The summed E-state index contributed by atoms with van der Waals surface area (Å²) in [5, 5.41) is 6.80. The molecule has 4 heteroatoms. The normalized spacial score (nSPS) is 9.57. The van der Waals surface area contributed by atoms with Crippen molar-refractivity contribution in [3.05, 3.63) is 29.6 Å². The smallest absolute Gasteiger partial charge is 0.166 e. The van der Waals surface area contributed by atoms with Crippen molar-refractivity contribution in [2.45, 2.75) is 20.4 Å². The minimum atomic E-state index is 0.678. The highest BCUT2D eigenvalue weighted by Crippen LogP contribution is 2.01. The number of pyridine rings is 1. The molecule has 0 saturated heterocycles. The van der Waals surface area contributed by atoms with Crippen molar-refractivity contribution >= 4 is 17.3 Å². The van der Waals surface area contributed by atoms with Crippen LogP contribution in [-0.4, -0.2) is 16.6 Å². The van der Waals surface area contributed by atoms with Gasteiger partial charge in [-0.05, 0) is 37.7 Å². The third-order valence-corrected chi connectivity index (χ3v) is 2.16. The van der Waals surface area contributed by atoms with Crippen LogP contribution in [0.15, 0.2) is 18.3 Å². The monoisotopic (exact) mass is 209 g/mol. The van der Waals surface area contributed by atoms with Gasteiger partial charge in [-0.3, -0.25) is 4.98 Å². The molecule has 0 aliphatic carbocycles. The van der Waals surface area contributed by atoms with E-state index in [1.807, 2.05) is 26.0 Å². The van der Waals surface area contributed by atoms with Gasteiger partial charge >= 0.3 is 0 Å². The number of nitrogens with zero attached hydrogens (tertiary/aromatic N) is 1. The summed E-state index contributed by atoms with van der Waals surface area (Å²) in [6, 6.07) is 3.97. The molecule has 1 aromatic rings. The highest BCUT2D eigenvalue weighted by molar-refractivity contribution is 7.80. The van der Waals surface area contributed by atoms with Crippen LogP contribution in [0.5, 0.6) is 0 Å². The first-order valence-electron chi connectivity index (χ1n) is 4.66. The maximum atomic E-state index is 5.05. The van der Waals surface area contributed by atoms with Gasteiger partial charge in [0.05, 0.1) is 12.2 Å². The fraction of sp³-hybridized carbons (Fsp3) is 0.400. The van der Waals surface area contributed by atoms with Gasteiger partial charge in [0, 0.05) is 12.7 Å². The van der Waals surface area contributed by atoms with Gasteiger partial charge < -0.3 is 10.6 Å². The maximum absolute atomic E-state index is 5.05. The van der Waals surface area contributed by atoms with E-state index in [9.17, 15) is 0 Å². The Labute approximate surface area is 89.9 Å². The first-order chi connectivity index (χ1) is 6.74. The van der Waals surface area contributed by atoms with Crippen LogP contribution in [0, 0.1) is 6.92 Å². The van der Waals surface area contributed by atoms with Gasteiger partial charge in [-0.1, -0.05) is 6.07 Å². The van der Waals surface area contributed by atoms with Crippen LogP contribution in [0.2, 0.25) is 0 Å². The zero-order valence-electron chi connectivity index (χ0n) is 8.50. The molecule has 0 fully saturated rings. The van der Waals surface area contributed by atoms with Crippen molar-refractivity contribution in [3.8, 4) is 0 Å². The standard InChI is InChI=1S/C10H15N3S/c1-3-11-10(14)13-7-9-8(2)5-4-6-12-9/h4-6H,3,7H2,1-2H3,(H2,11,13,14). The van der Waals surface area contributed by atoms with E-state index < -0.39 is 0 Å². The fourth-order valence-corrected chi connectivity index (χ4v) is 1.31. The molecule has 1 aromatic heterocycles. The zero-order chi connectivity index (χ0) is 10.4. The second-order valence-electron chi connectivity index (χ2n) is 2.98. The lowest BCUT2D eigenvalue weighted by Gasteiger charge is -2.09. The largest absolute Gasteiger partial charge is 0.363 e. The zero-order valence-corrected chi connectivity index (χ0v) is 9.32. The van der Waals surface area contributed by atoms with E-state index in [0.29, 0.717) is 11.7 Å². The predicted molar refractivity (Wildman–Crippen MR) is 62.1 cm³/mol. The maximum Gasteiger partial charge on any atom is 0.166 e. The second kappa shape index (κ2) is 5.54. The number of thiocarbonyl (C=S) groups is 1. The Morgan fingerprint density at radius 1 is 1.50 bits per heavy atom. The molecule has 3 nitrogen and oxygen atoms in total. The molecule has 0 radical (unpaired) electrons. The molecule has 0 bridgehead atoms. The SMILES string of the molecule is CCNC(=S)NCc1ncccc1C. The van der Waals surface area contributed by atoms with E-state index in [2.05, 4.69) is 15.6 Å². The molecule has 0 aliphatic heterocycles. The lowest BCUT2D eigenvalue weighted by molar-refractivity contribution is 0.825. The number of hydrogen-bond donors (Lipinski definition) is 2. The highest BCUT2D eigenvalue weighted by atomic mass is 32.1. The summed E-state index contributed by atoms with van der Waals surface area (Å²) >= 11 is 5.05. The van der Waals surface area contributed by atoms with Crippen molar-refractivity contribution in [2.24, 2.45) is 0 Å². The van der Waals surface area contributed by atoms with Crippen LogP contribution in [-0.2, 0) is 6.54 Å². The first-order valence-corrected chi connectivity index (χ1v) is 5.07. The van der Waals surface area contributed by atoms with Crippen LogP contribution in [0.3, 0.4) is 0 Å². The summed E-state index contributed by atoms with van der Waals surface area (Å²) in [6.45, 7) is 5.58. The number of rotatable bonds is 3. The van der Waals surface area contributed by atoms with Gasteiger partial charge in [-0.25, -0.2) is 0 Å². The van der Waals surface area contributed by atoms with E-state index in [-0.39, 0.29) is 0 Å². The average molecular weight is 209 g/mol. The van der Waals surface area contributed by atoms with Crippen molar-refractivity contribution in [3.63, 3.8) is 0 Å². The van der Waals surface area contributed by atoms with Gasteiger partial charge in [0.15, 0.2) is 5.11 Å². The Balaban J connectivity index is 2.46. The Kier molecular flexibility index (Phi) is 4.32. The minimum Gasteiger partial charge on any atom is -0.363 e. The van der Waals surface area contributed by atoms with E-state index >= 15 is 0 Å². The van der Waals surface area contributed by atoms with Crippen molar-refractivity contribution in [1.82, 2.24) is 15.6 Å². The third-order valence-electron chi connectivity index (χ3n) is 1.87. The van der Waals surface area contributed by atoms with Crippen LogP contribution in [0.4, 0.5) is 0 Å². The minimum absolute atomic E-state index is 0.678. The van der Waals surface area contributed by atoms with Crippen molar-refractivity contribution in [1.29, 1.82) is 0 Å². The molecule has 0 aromatic carbocycles. The van der Waals surface area contributed by atoms with E-state index in [1.54, 1.807) is 6.20 Å². The number of nitrogens with one attached hydrogen (secondary N) is 2. The fourth-order valence-electron chi connectivity index (χ4n) is 1.09. The third kappa shape index (κ3) is 3.30. The molecule has 0 atom stereocenters. The molecular weight excluding hydrogens is 194 g/mol. The molecule has 76 valence electrons. The first kappa shape index (κ1) is 10.9. The number of aromatic nitrogens is 1. The van der Waals surface area contributed by atoms with Crippen molar-refractivity contribution < 1.29 is 0 Å². The molecule has 1 heterocycles. The second-order valence-corrected chi connectivity index (χ2v) is 3.39. The van der Waals surface area contributed by atoms with Crippen LogP contribution >= 0.6 is 12.2 Å². The highest BCUT2D eigenvalue weighted by Gasteiger charge is 1.98. The quantitative estimate of drug-likeness (QED) is 0.737. The topological polar surface area (TPSA) is 37.0 Å². The van der Waals surface area contributed by atoms with Crippen LogP contribution < -0.4 is 10.6 Å². The molecule has 2 N–H and O–H groups in total. The predicted octanol–water partition coefficient (Wildman–Crippen LogP) is 1.37. The van der Waals surface area contributed by atoms with Crippen LogP contribution in [0.1, 0.15) is 18.2 Å². The Bertz CT molecular complexity index is 312. The summed E-state index contributed by atoms with van der Waals surface area (Å²) in [4.78, 5) is 4.26. The summed E-state index contributed by atoms with van der Waals surface area (Å²) in [6.07, 6.45) is 1.79. The van der Waals surface area contributed by atoms with Gasteiger partial charge in [0.1, 0.15) is 0 Å². The molecule has 14 heavy (non-hydrogen) atoms. The van der Waals surface area contributed by atoms with E-state index in [0.717, 1.165) is 12.2 Å². The van der Waals surface area contributed by atoms with Crippen molar-refractivity contribution in [2.75, 3.05) is 6.54 Å². The summed E-state index contributed by atoms with van der Waals surface area (Å²) in [5.74, 6) is 0. The van der Waals surface area contributed by atoms with E-state index in [1.165, 1.54) is 5.56 Å². The van der Waals surface area contributed by atoms with Gasteiger partial charge in [-0.2, -0.15) is 0 Å². The molecule has 0 aliphatic rings. The molecule has 0 spiro atoms. The Morgan fingerprint density at radius 3 is 2.93 bits per heavy atom. The number of aryl methyl sites for hydroxylation is 1. The summed E-state index contributed by atoms with van der Waals surface area (Å²) in [7, 11) is 0. The lowest BCUT2D eigenvalue weighted by atomic mass is 10.2. The summed E-state index contributed by atoms with van der Waals surface area (Å²) in [5.41, 5.74) is 2.21. The van der Waals surface area contributed by atoms with Crippen LogP contribution in [0.25, 0.3) is 0 Å². The summed E-state index contributed by atoms with van der Waals surface area (Å²) < 4.78 is 0. The van der Waals surface area contributed by atoms with Gasteiger partial charge in [-0.15, -0.1) is 0 Å². The lowest BCUT2D eigenvalue weighted by Crippen LogP contribution is -2.34. The Morgan fingerprint density at radius 2 is 2.29 bits per heavy atom. The van der Waals surface area contributed by atoms with E-state index in [4.69, 9.17) is 12.2 Å². The Hall–Kier alpha value is -1.16.